The highest BCUT2D eigenvalue weighted by Gasteiger charge is 2.50. The number of likely N-dealkylation sites (N-methyl/N-ethyl adjacent to an activating group) is 1. The molecule has 4 bridgehead atoms. The number of nitrogens with zero attached hydrogens (tertiary/aromatic N) is 1. The molecular formula is C16H29NO2. The minimum atomic E-state index is -0.344. The zero-order chi connectivity index (χ0) is 13.5. The Bertz CT molecular complexity index is 281. The Hall–Kier alpha value is -0.120. The van der Waals surface area contributed by atoms with Crippen LogP contribution in [-0.2, 0) is 4.74 Å². The molecule has 1 N–H and O–H groups in total. The fraction of sp³-hybridized carbons (Fsp3) is 1.00. The fourth-order valence-electron chi connectivity index (χ4n) is 5.35. The standard InChI is InChI=1S/C16H29NO2/c1-17(2)9-15(18)10-19-11-16-6-12-3-13(7-16)5-14(4-12)8-16/h12-15,18H,3-11H2,1-2H3/t12?,13?,14?,15-,16?/m1/s1. The number of hydrogen-bond acceptors (Lipinski definition) is 3. The lowest BCUT2D eigenvalue weighted by Gasteiger charge is -2.56. The van der Waals surface area contributed by atoms with Gasteiger partial charge in [0, 0.05) is 6.54 Å². The molecule has 0 heterocycles. The molecule has 4 aliphatic carbocycles. The van der Waals surface area contributed by atoms with Crippen LogP contribution in [-0.4, -0.2) is 50.0 Å². The molecule has 0 spiro atoms. The Labute approximate surface area is 117 Å². The first kappa shape index (κ1) is 13.8. The van der Waals surface area contributed by atoms with E-state index in [2.05, 4.69) is 0 Å². The average Bonchev–Trinajstić information content (AvgIpc) is 2.25. The van der Waals surface area contributed by atoms with Gasteiger partial charge in [-0.1, -0.05) is 0 Å². The normalized spacial score (nSPS) is 42.0. The van der Waals surface area contributed by atoms with Gasteiger partial charge in [-0.25, -0.2) is 0 Å². The Morgan fingerprint density at radius 2 is 1.63 bits per heavy atom. The summed E-state index contributed by atoms with van der Waals surface area (Å²) in [5.41, 5.74) is 0.479. The van der Waals surface area contributed by atoms with Crippen molar-refractivity contribution in [3.05, 3.63) is 0 Å². The molecule has 1 atom stereocenters. The van der Waals surface area contributed by atoms with E-state index >= 15 is 0 Å². The van der Waals surface area contributed by atoms with Gasteiger partial charge in [-0.05, 0) is 75.8 Å². The molecule has 4 rings (SSSR count). The third kappa shape index (κ3) is 3.14. The Morgan fingerprint density at radius 3 is 2.11 bits per heavy atom. The van der Waals surface area contributed by atoms with E-state index in [0.29, 0.717) is 18.6 Å². The van der Waals surface area contributed by atoms with Gasteiger partial charge in [-0.3, -0.25) is 0 Å². The van der Waals surface area contributed by atoms with Gasteiger partial charge < -0.3 is 14.7 Å². The largest absolute Gasteiger partial charge is 0.389 e. The van der Waals surface area contributed by atoms with Crippen molar-refractivity contribution >= 4 is 0 Å². The van der Waals surface area contributed by atoms with Crippen LogP contribution < -0.4 is 0 Å². The molecule has 110 valence electrons. The lowest BCUT2D eigenvalue weighted by Crippen LogP contribution is -2.48. The molecule has 0 aliphatic heterocycles. The number of hydrogen-bond donors (Lipinski definition) is 1. The van der Waals surface area contributed by atoms with Crippen LogP contribution in [0.2, 0.25) is 0 Å². The first-order valence-corrected chi connectivity index (χ1v) is 7.95. The monoisotopic (exact) mass is 267 g/mol. The van der Waals surface area contributed by atoms with Gasteiger partial charge in [0.15, 0.2) is 0 Å². The maximum atomic E-state index is 9.87. The highest BCUT2D eigenvalue weighted by atomic mass is 16.5. The van der Waals surface area contributed by atoms with Crippen LogP contribution in [0.1, 0.15) is 38.5 Å². The molecule has 0 amide bonds. The van der Waals surface area contributed by atoms with Gasteiger partial charge in [-0.15, -0.1) is 0 Å². The van der Waals surface area contributed by atoms with E-state index in [4.69, 9.17) is 4.74 Å². The minimum Gasteiger partial charge on any atom is -0.389 e. The molecule has 3 nitrogen and oxygen atoms in total. The van der Waals surface area contributed by atoms with Crippen molar-refractivity contribution < 1.29 is 9.84 Å². The van der Waals surface area contributed by atoms with Gasteiger partial charge in [0.25, 0.3) is 0 Å². The van der Waals surface area contributed by atoms with E-state index in [1.165, 1.54) is 38.5 Å². The van der Waals surface area contributed by atoms with Crippen molar-refractivity contribution in [1.82, 2.24) is 4.90 Å². The maximum Gasteiger partial charge on any atom is 0.0899 e. The fourth-order valence-corrected chi connectivity index (χ4v) is 5.35. The summed E-state index contributed by atoms with van der Waals surface area (Å²) in [6.45, 7) is 2.09. The van der Waals surface area contributed by atoms with Crippen molar-refractivity contribution in [2.24, 2.45) is 23.2 Å². The van der Waals surface area contributed by atoms with E-state index in [-0.39, 0.29) is 6.10 Å². The van der Waals surface area contributed by atoms with Gasteiger partial charge in [0.1, 0.15) is 0 Å². The molecule has 0 aromatic heterocycles. The molecule has 19 heavy (non-hydrogen) atoms. The maximum absolute atomic E-state index is 9.87. The van der Waals surface area contributed by atoms with Crippen LogP contribution in [0.25, 0.3) is 0 Å². The van der Waals surface area contributed by atoms with E-state index in [1.54, 1.807) is 0 Å². The lowest BCUT2D eigenvalue weighted by molar-refractivity contribution is -0.106. The molecule has 4 fully saturated rings. The second-order valence-corrected chi connectivity index (χ2v) is 7.85. The summed E-state index contributed by atoms with van der Waals surface area (Å²) < 4.78 is 5.90. The summed E-state index contributed by atoms with van der Waals surface area (Å²) in [5.74, 6) is 2.96. The number of aliphatic hydroxyl groups excluding tert-OH is 1. The molecule has 0 saturated heterocycles. The van der Waals surface area contributed by atoms with Crippen molar-refractivity contribution in [2.75, 3.05) is 33.9 Å². The zero-order valence-corrected chi connectivity index (χ0v) is 12.5. The second-order valence-electron chi connectivity index (χ2n) is 7.85. The molecule has 0 aromatic carbocycles. The number of rotatable bonds is 6. The van der Waals surface area contributed by atoms with Crippen molar-refractivity contribution in [3.8, 4) is 0 Å². The summed E-state index contributed by atoms with van der Waals surface area (Å²) in [6, 6.07) is 0. The van der Waals surface area contributed by atoms with Gasteiger partial charge in [0.05, 0.1) is 19.3 Å². The highest BCUT2D eigenvalue weighted by molar-refractivity contribution is 5.01. The molecule has 0 unspecified atom stereocenters. The third-order valence-corrected chi connectivity index (χ3v) is 5.46. The molecule has 0 radical (unpaired) electrons. The molecule has 4 aliphatic rings. The predicted octanol–water partition coefficient (Wildman–Crippen LogP) is 2.14. The topological polar surface area (TPSA) is 32.7 Å². The quantitative estimate of drug-likeness (QED) is 0.800. The first-order valence-electron chi connectivity index (χ1n) is 7.95. The van der Waals surface area contributed by atoms with Crippen LogP contribution in [0.3, 0.4) is 0 Å². The molecular weight excluding hydrogens is 238 g/mol. The van der Waals surface area contributed by atoms with Crippen molar-refractivity contribution in [2.45, 2.75) is 44.6 Å². The molecule has 3 heteroatoms. The highest BCUT2D eigenvalue weighted by Crippen LogP contribution is 2.59. The lowest BCUT2D eigenvalue weighted by atomic mass is 9.50. The Morgan fingerprint density at radius 1 is 1.11 bits per heavy atom. The van der Waals surface area contributed by atoms with E-state index in [0.717, 1.165) is 24.4 Å². The summed E-state index contributed by atoms with van der Waals surface area (Å²) in [6.07, 6.45) is 8.30. The predicted molar refractivity (Wildman–Crippen MR) is 76.0 cm³/mol. The van der Waals surface area contributed by atoms with Gasteiger partial charge in [-0.2, -0.15) is 0 Å². The summed E-state index contributed by atoms with van der Waals surface area (Å²) in [4.78, 5) is 2.01. The SMILES string of the molecule is CN(C)C[C@@H](O)COCC12CC3CC(CC(C3)C1)C2. The van der Waals surface area contributed by atoms with Crippen LogP contribution in [0.15, 0.2) is 0 Å². The van der Waals surface area contributed by atoms with Crippen LogP contribution in [0.4, 0.5) is 0 Å². The Kier molecular flexibility index (Phi) is 3.89. The van der Waals surface area contributed by atoms with Crippen LogP contribution in [0, 0.1) is 23.2 Å². The third-order valence-electron chi connectivity index (χ3n) is 5.46. The van der Waals surface area contributed by atoms with E-state index < -0.39 is 0 Å². The van der Waals surface area contributed by atoms with E-state index in [9.17, 15) is 5.11 Å². The average molecular weight is 267 g/mol. The first-order chi connectivity index (χ1) is 9.05. The number of aliphatic hydroxyl groups is 1. The minimum absolute atomic E-state index is 0.344. The summed E-state index contributed by atoms with van der Waals surface area (Å²) in [5, 5.41) is 9.87. The zero-order valence-electron chi connectivity index (χ0n) is 12.5. The smallest absolute Gasteiger partial charge is 0.0899 e. The number of ether oxygens (including phenoxy) is 1. The summed E-state index contributed by atoms with van der Waals surface area (Å²) in [7, 11) is 3.98. The van der Waals surface area contributed by atoms with Crippen LogP contribution in [0.5, 0.6) is 0 Å². The second kappa shape index (κ2) is 5.34. The van der Waals surface area contributed by atoms with E-state index in [1.807, 2.05) is 19.0 Å². The van der Waals surface area contributed by atoms with Gasteiger partial charge >= 0.3 is 0 Å². The van der Waals surface area contributed by atoms with Crippen molar-refractivity contribution in [3.63, 3.8) is 0 Å². The molecule has 4 saturated carbocycles. The van der Waals surface area contributed by atoms with Crippen molar-refractivity contribution in [1.29, 1.82) is 0 Å². The summed E-state index contributed by atoms with van der Waals surface area (Å²) >= 11 is 0. The Balaban J connectivity index is 1.47. The molecule has 0 aromatic rings. The van der Waals surface area contributed by atoms with Crippen LogP contribution >= 0.6 is 0 Å². The van der Waals surface area contributed by atoms with Gasteiger partial charge in [0.2, 0.25) is 0 Å².